The molecular formula is C18H29ClFN. The highest BCUT2D eigenvalue weighted by Gasteiger charge is 2.09. The third kappa shape index (κ3) is 7.82. The highest BCUT2D eigenvalue weighted by molar-refractivity contribution is 6.30. The number of benzene rings is 1. The molecule has 1 N–H and O–H groups in total. The molecule has 0 fully saturated rings. The first-order valence-corrected chi connectivity index (χ1v) is 8.72. The molecule has 0 aromatic heterocycles. The summed E-state index contributed by atoms with van der Waals surface area (Å²) in [5.41, 5.74) is 1.11. The summed E-state index contributed by atoms with van der Waals surface area (Å²) in [6.07, 6.45) is 10.0. The second-order valence-corrected chi connectivity index (χ2v) is 6.17. The van der Waals surface area contributed by atoms with Crippen molar-refractivity contribution >= 4 is 11.6 Å². The Morgan fingerprint density at radius 2 is 1.81 bits per heavy atom. The van der Waals surface area contributed by atoms with Crippen LogP contribution in [0.2, 0.25) is 5.02 Å². The molecule has 21 heavy (non-hydrogen) atoms. The Labute approximate surface area is 134 Å². The van der Waals surface area contributed by atoms with Gasteiger partial charge in [-0.3, -0.25) is 0 Å². The monoisotopic (exact) mass is 313 g/mol. The smallest absolute Gasteiger partial charge is 0.141 e. The Kier molecular flexibility index (Phi) is 9.69. The zero-order chi connectivity index (χ0) is 15.5. The molecule has 1 unspecified atom stereocenters. The molecule has 120 valence electrons. The lowest BCUT2D eigenvalue weighted by molar-refractivity contribution is 0.459. The Hall–Kier alpha value is -0.600. The van der Waals surface area contributed by atoms with Gasteiger partial charge in [0.15, 0.2) is 0 Å². The van der Waals surface area contributed by atoms with Crippen LogP contribution in [0.4, 0.5) is 4.39 Å². The molecule has 0 bridgehead atoms. The fourth-order valence-corrected chi connectivity index (χ4v) is 2.89. The van der Waals surface area contributed by atoms with E-state index in [-0.39, 0.29) is 10.8 Å². The molecule has 1 nitrogen and oxygen atoms in total. The topological polar surface area (TPSA) is 12.0 Å². The molecule has 0 heterocycles. The van der Waals surface area contributed by atoms with Crippen molar-refractivity contribution < 1.29 is 4.39 Å². The van der Waals surface area contributed by atoms with Crippen LogP contribution in [0.5, 0.6) is 0 Å². The van der Waals surface area contributed by atoms with Gasteiger partial charge < -0.3 is 5.32 Å². The molecule has 0 spiro atoms. The van der Waals surface area contributed by atoms with Gasteiger partial charge in [0.25, 0.3) is 0 Å². The molecule has 0 aliphatic rings. The van der Waals surface area contributed by atoms with Crippen molar-refractivity contribution in [2.45, 2.75) is 71.3 Å². The van der Waals surface area contributed by atoms with Crippen LogP contribution in [0.3, 0.4) is 0 Å². The van der Waals surface area contributed by atoms with E-state index in [1.165, 1.54) is 51.0 Å². The van der Waals surface area contributed by atoms with Crippen molar-refractivity contribution in [1.29, 1.82) is 0 Å². The van der Waals surface area contributed by atoms with Gasteiger partial charge in [0.05, 0.1) is 5.02 Å². The lowest BCUT2D eigenvalue weighted by atomic mass is 9.99. The average Bonchev–Trinajstić information content (AvgIpc) is 2.46. The quantitative estimate of drug-likeness (QED) is 0.513. The molecule has 1 aromatic carbocycles. The molecule has 0 radical (unpaired) electrons. The van der Waals surface area contributed by atoms with E-state index in [9.17, 15) is 4.39 Å². The van der Waals surface area contributed by atoms with E-state index in [1.54, 1.807) is 6.07 Å². The maximum atomic E-state index is 13.2. The summed E-state index contributed by atoms with van der Waals surface area (Å²) in [5.74, 6) is -0.337. The zero-order valence-corrected chi connectivity index (χ0v) is 14.2. The van der Waals surface area contributed by atoms with Crippen molar-refractivity contribution in [2.24, 2.45) is 0 Å². The van der Waals surface area contributed by atoms with E-state index in [4.69, 9.17) is 11.6 Å². The number of likely N-dealkylation sites (N-methyl/N-ethyl adjacent to an activating group) is 1. The predicted octanol–water partition coefficient (Wildman–Crippen LogP) is 5.75. The van der Waals surface area contributed by atoms with Crippen molar-refractivity contribution in [2.75, 3.05) is 6.54 Å². The minimum Gasteiger partial charge on any atom is -0.314 e. The standard InChI is InChI=1S/C18H29ClFN/c1-3-5-6-7-8-9-10-16(21-4-2)13-15-11-12-18(20)17(19)14-15/h11-12,14,16,21H,3-10,13H2,1-2H3. The third-order valence-corrected chi connectivity index (χ3v) is 4.15. The van der Waals surface area contributed by atoms with Crippen LogP contribution in [-0.2, 0) is 6.42 Å². The van der Waals surface area contributed by atoms with Gasteiger partial charge in [-0.25, -0.2) is 4.39 Å². The lowest BCUT2D eigenvalue weighted by Crippen LogP contribution is -2.30. The molecule has 0 saturated carbocycles. The van der Waals surface area contributed by atoms with Gasteiger partial charge in [-0.15, -0.1) is 0 Å². The predicted molar refractivity (Wildman–Crippen MR) is 90.6 cm³/mol. The van der Waals surface area contributed by atoms with Crippen LogP contribution in [0.1, 0.15) is 64.4 Å². The average molecular weight is 314 g/mol. The third-order valence-electron chi connectivity index (χ3n) is 3.87. The first kappa shape index (κ1) is 18.4. The zero-order valence-electron chi connectivity index (χ0n) is 13.4. The van der Waals surface area contributed by atoms with E-state index in [1.807, 2.05) is 6.07 Å². The molecule has 3 heteroatoms. The maximum Gasteiger partial charge on any atom is 0.141 e. The molecule has 0 saturated heterocycles. The van der Waals surface area contributed by atoms with E-state index in [2.05, 4.69) is 19.2 Å². The van der Waals surface area contributed by atoms with Crippen LogP contribution in [0, 0.1) is 5.82 Å². The van der Waals surface area contributed by atoms with Crippen molar-refractivity contribution in [3.05, 3.63) is 34.6 Å². The molecular weight excluding hydrogens is 285 g/mol. The van der Waals surface area contributed by atoms with Crippen LogP contribution in [-0.4, -0.2) is 12.6 Å². The number of rotatable bonds is 11. The summed E-state index contributed by atoms with van der Waals surface area (Å²) in [7, 11) is 0. The summed E-state index contributed by atoms with van der Waals surface area (Å²) < 4.78 is 13.2. The van der Waals surface area contributed by atoms with Crippen molar-refractivity contribution in [3.8, 4) is 0 Å². The second-order valence-electron chi connectivity index (χ2n) is 5.76. The summed E-state index contributed by atoms with van der Waals surface area (Å²) in [5, 5.41) is 3.75. The van der Waals surface area contributed by atoms with Gasteiger partial charge in [0.2, 0.25) is 0 Å². The van der Waals surface area contributed by atoms with Crippen molar-refractivity contribution in [3.63, 3.8) is 0 Å². The number of hydrogen-bond donors (Lipinski definition) is 1. The first-order chi connectivity index (χ1) is 10.2. The van der Waals surface area contributed by atoms with Crippen LogP contribution < -0.4 is 5.32 Å². The first-order valence-electron chi connectivity index (χ1n) is 8.34. The van der Waals surface area contributed by atoms with E-state index in [0.29, 0.717) is 6.04 Å². The Morgan fingerprint density at radius 3 is 2.48 bits per heavy atom. The second kappa shape index (κ2) is 11.0. The Bertz CT molecular complexity index is 395. The van der Waals surface area contributed by atoms with Crippen molar-refractivity contribution in [1.82, 2.24) is 5.32 Å². The highest BCUT2D eigenvalue weighted by Crippen LogP contribution is 2.18. The van der Waals surface area contributed by atoms with Crippen LogP contribution >= 0.6 is 11.6 Å². The molecule has 1 aromatic rings. The summed E-state index contributed by atoms with van der Waals surface area (Å²) in [6.45, 7) is 5.34. The molecule has 0 aliphatic carbocycles. The molecule has 0 aliphatic heterocycles. The van der Waals surface area contributed by atoms with Crippen LogP contribution in [0.15, 0.2) is 18.2 Å². The fraction of sp³-hybridized carbons (Fsp3) is 0.667. The van der Waals surface area contributed by atoms with Gasteiger partial charge in [-0.1, -0.05) is 70.0 Å². The van der Waals surface area contributed by atoms with E-state index >= 15 is 0 Å². The lowest BCUT2D eigenvalue weighted by Gasteiger charge is -2.18. The van der Waals surface area contributed by atoms with Gasteiger partial charge >= 0.3 is 0 Å². The Balaban J connectivity index is 2.36. The minimum atomic E-state index is -0.337. The van der Waals surface area contributed by atoms with E-state index in [0.717, 1.165) is 18.5 Å². The molecule has 1 rings (SSSR count). The normalized spacial score (nSPS) is 12.6. The largest absolute Gasteiger partial charge is 0.314 e. The van der Waals surface area contributed by atoms with Gasteiger partial charge in [-0.2, -0.15) is 0 Å². The number of nitrogens with one attached hydrogen (secondary N) is 1. The Morgan fingerprint density at radius 1 is 1.10 bits per heavy atom. The van der Waals surface area contributed by atoms with Gasteiger partial charge in [0.1, 0.15) is 5.82 Å². The summed E-state index contributed by atoms with van der Waals surface area (Å²) in [4.78, 5) is 0. The summed E-state index contributed by atoms with van der Waals surface area (Å²) in [6, 6.07) is 5.52. The van der Waals surface area contributed by atoms with Crippen LogP contribution in [0.25, 0.3) is 0 Å². The van der Waals surface area contributed by atoms with Gasteiger partial charge in [0, 0.05) is 6.04 Å². The SMILES string of the molecule is CCCCCCCCC(Cc1ccc(F)c(Cl)c1)NCC. The maximum absolute atomic E-state index is 13.2. The summed E-state index contributed by atoms with van der Waals surface area (Å²) >= 11 is 5.85. The van der Waals surface area contributed by atoms with Gasteiger partial charge in [-0.05, 0) is 37.1 Å². The minimum absolute atomic E-state index is 0.224. The molecule has 1 atom stereocenters. The van der Waals surface area contributed by atoms with E-state index < -0.39 is 0 Å². The number of unbranched alkanes of at least 4 members (excludes halogenated alkanes) is 5. The number of hydrogen-bond acceptors (Lipinski definition) is 1. The highest BCUT2D eigenvalue weighted by atomic mass is 35.5. The fourth-order valence-electron chi connectivity index (χ4n) is 2.69. The number of halogens is 2. The molecule has 0 amide bonds.